The summed E-state index contributed by atoms with van der Waals surface area (Å²) < 4.78 is 0. The molecular formula is C9H20N2. The highest BCUT2D eigenvalue weighted by atomic mass is 15.4. The molecule has 0 bridgehead atoms. The van der Waals surface area contributed by atoms with Crippen LogP contribution in [0.3, 0.4) is 0 Å². The Morgan fingerprint density at radius 1 is 1.18 bits per heavy atom. The molecule has 0 unspecified atom stereocenters. The molecule has 0 aliphatic carbocycles. The highest BCUT2D eigenvalue weighted by molar-refractivity contribution is 4.82. The fourth-order valence-corrected chi connectivity index (χ4v) is 1.96. The van der Waals surface area contributed by atoms with Crippen LogP contribution in [0.4, 0.5) is 0 Å². The first-order chi connectivity index (χ1) is 5.22. The Kier molecular flexibility index (Phi) is 2.90. The summed E-state index contributed by atoms with van der Waals surface area (Å²) in [6.07, 6.45) is 5.21. The number of hydrogen-bond acceptors (Lipinski definition) is 2. The number of hydrogen-bond donors (Lipinski definition) is 1. The molecule has 2 nitrogen and oxygen atoms in total. The lowest BCUT2D eigenvalue weighted by Gasteiger charge is -2.39. The molecule has 0 spiro atoms. The van der Waals surface area contributed by atoms with Crippen molar-refractivity contribution in [1.82, 2.24) is 5.01 Å². The van der Waals surface area contributed by atoms with Gasteiger partial charge in [0.15, 0.2) is 0 Å². The molecule has 0 amide bonds. The predicted octanol–water partition coefficient (Wildman–Crippen LogP) is 1.76. The molecular weight excluding hydrogens is 136 g/mol. The zero-order chi connectivity index (χ0) is 8.32. The van der Waals surface area contributed by atoms with Gasteiger partial charge in [-0.05, 0) is 18.3 Å². The van der Waals surface area contributed by atoms with E-state index in [0.29, 0.717) is 5.41 Å². The van der Waals surface area contributed by atoms with E-state index in [4.69, 9.17) is 5.84 Å². The van der Waals surface area contributed by atoms with Gasteiger partial charge in [-0.2, -0.15) is 0 Å². The van der Waals surface area contributed by atoms with Crippen LogP contribution in [0.1, 0.15) is 39.5 Å². The second-order valence-corrected chi connectivity index (χ2v) is 3.74. The Labute approximate surface area is 69.7 Å². The van der Waals surface area contributed by atoms with Crippen molar-refractivity contribution < 1.29 is 0 Å². The first-order valence-corrected chi connectivity index (χ1v) is 4.72. The number of piperidine rings is 1. The molecule has 1 aliphatic rings. The second kappa shape index (κ2) is 3.55. The second-order valence-electron chi connectivity index (χ2n) is 3.74. The average molecular weight is 156 g/mol. The minimum Gasteiger partial charge on any atom is -0.269 e. The Morgan fingerprint density at radius 2 is 1.64 bits per heavy atom. The van der Waals surface area contributed by atoms with Gasteiger partial charge in [0.25, 0.3) is 0 Å². The molecule has 1 aliphatic heterocycles. The van der Waals surface area contributed by atoms with Gasteiger partial charge in [0.05, 0.1) is 0 Å². The van der Waals surface area contributed by atoms with Crippen LogP contribution in [0.2, 0.25) is 0 Å². The zero-order valence-corrected chi connectivity index (χ0v) is 7.77. The third kappa shape index (κ3) is 1.94. The molecule has 11 heavy (non-hydrogen) atoms. The largest absolute Gasteiger partial charge is 0.269 e. The standard InChI is InChI=1S/C9H20N2/c1-3-9(4-2)5-7-11(10)8-6-9/h3-8,10H2,1-2H3. The van der Waals surface area contributed by atoms with Crippen LogP contribution in [0.25, 0.3) is 0 Å². The molecule has 0 saturated carbocycles. The molecule has 0 aromatic rings. The Balaban J connectivity index is 2.45. The molecule has 1 heterocycles. The van der Waals surface area contributed by atoms with Crippen LogP contribution in [0.15, 0.2) is 0 Å². The lowest BCUT2D eigenvalue weighted by molar-refractivity contribution is 0.0961. The first kappa shape index (κ1) is 9.01. The fourth-order valence-electron chi connectivity index (χ4n) is 1.96. The topological polar surface area (TPSA) is 29.3 Å². The van der Waals surface area contributed by atoms with Gasteiger partial charge in [0.1, 0.15) is 0 Å². The van der Waals surface area contributed by atoms with Gasteiger partial charge < -0.3 is 0 Å². The fraction of sp³-hybridized carbons (Fsp3) is 1.00. The maximum atomic E-state index is 5.70. The quantitative estimate of drug-likeness (QED) is 0.617. The van der Waals surface area contributed by atoms with E-state index in [9.17, 15) is 0 Å². The molecule has 2 heteroatoms. The third-order valence-corrected chi connectivity index (χ3v) is 3.36. The van der Waals surface area contributed by atoms with Crippen molar-refractivity contribution in [3.63, 3.8) is 0 Å². The summed E-state index contributed by atoms with van der Waals surface area (Å²) in [4.78, 5) is 0. The Bertz CT molecular complexity index is 109. The molecule has 66 valence electrons. The minimum absolute atomic E-state index is 0.621. The third-order valence-electron chi connectivity index (χ3n) is 3.36. The van der Waals surface area contributed by atoms with Gasteiger partial charge in [0, 0.05) is 13.1 Å². The highest BCUT2D eigenvalue weighted by Crippen LogP contribution is 2.36. The Morgan fingerprint density at radius 3 is 2.00 bits per heavy atom. The SMILES string of the molecule is CCC1(CC)CCN(N)CC1. The van der Waals surface area contributed by atoms with Crippen LogP contribution < -0.4 is 5.84 Å². The van der Waals surface area contributed by atoms with E-state index in [1.807, 2.05) is 5.01 Å². The van der Waals surface area contributed by atoms with Crippen LogP contribution in [-0.4, -0.2) is 18.1 Å². The number of nitrogens with two attached hydrogens (primary N) is 1. The van der Waals surface area contributed by atoms with E-state index in [0.717, 1.165) is 13.1 Å². The van der Waals surface area contributed by atoms with Crippen molar-refractivity contribution in [3.8, 4) is 0 Å². The van der Waals surface area contributed by atoms with Crippen LogP contribution >= 0.6 is 0 Å². The minimum atomic E-state index is 0.621. The van der Waals surface area contributed by atoms with Gasteiger partial charge in [-0.1, -0.05) is 26.7 Å². The predicted molar refractivity (Wildman–Crippen MR) is 48.0 cm³/mol. The smallest absolute Gasteiger partial charge is 0.0133 e. The Hall–Kier alpha value is -0.0800. The van der Waals surface area contributed by atoms with Crippen LogP contribution in [0, 0.1) is 5.41 Å². The summed E-state index contributed by atoms with van der Waals surface area (Å²) in [7, 11) is 0. The monoisotopic (exact) mass is 156 g/mol. The van der Waals surface area contributed by atoms with Crippen molar-refractivity contribution in [2.75, 3.05) is 13.1 Å². The van der Waals surface area contributed by atoms with Gasteiger partial charge in [-0.25, -0.2) is 5.01 Å². The van der Waals surface area contributed by atoms with E-state index in [1.54, 1.807) is 0 Å². The van der Waals surface area contributed by atoms with Gasteiger partial charge in [0.2, 0.25) is 0 Å². The van der Waals surface area contributed by atoms with E-state index < -0.39 is 0 Å². The van der Waals surface area contributed by atoms with E-state index in [2.05, 4.69) is 13.8 Å². The van der Waals surface area contributed by atoms with E-state index in [-0.39, 0.29) is 0 Å². The number of hydrazine groups is 1. The summed E-state index contributed by atoms with van der Waals surface area (Å²) in [5.74, 6) is 5.70. The van der Waals surface area contributed by atoms with Crippen molar-refractivity contribution in [3.05, 3.63) is 0 Å². The maximum Gasteiger partial charge on any atom is 0.0133 e. The summed E-state index contributed by atoms with van der Waals surface area (Å²) >= 11 is 0. The number of rotatable bonds is 2. The van der Waals surface area contributed by atoms with Gasteiger partial charge >= 0.3 is 0 Å². The van der Waals surface area contributed by atoms with Crippen molar-refractivity contribution >= 4 is 0 Å². The van der Waals surface area contributed by atoms with E-state index >= 15 is 0 Å². The van der Waals surface area contributed by atoms with Crippen molar-refractivity contribution in [2.24, 2.45) is 11.3 Å². The summed E-state index contributed by atoms with van der Waals surface area (Å²) in [5, 5.41) is 1.95. The number of nitrogens with zero attached hydrogens (tertiary/aromatic N) is 1. The molecule has 0 atom stereocenters. The molecule has 1 saturated heterocycles. The normalized spacial score (nSPS) is 25.4. The van der Waals surface area contributed by atoms with Crippen molar-refractivity contribution in [1.29, 1.82) is 0 Å². The lowest BCUT2D eigenvalue weighted by Crippen LogP contribution is -2.43. The van der Waals surface area contributed by atoms with Crippen molar-refractivity contribution in [2.45, 2.75) is 39.5 Å². The maximum absolute atomic E-state index is 5.70. The van der Waals surface area contributed by atoms with Crippen LogP contribution in [0.5, 0.6) is 0 Å². The molecule has 0 aromatic heterocycles. The average Bonchev–Trinajstić information content (AvgIpc) is 2.07. The summed E-state index contributed by atoms with van der Waals surface area (Å²) in [6.45, 7) is 6.77. The molecule has 0 radical (unpaired) electrons. The lowest BCUT2D eigenvalue weighted by atomic mass is 9.74. The van der Waals surface area contributed by atoms with Gasteiger partial charge in [-0.3, -0.25) is 5.84 Å². The summed E-state index contributed by atoms with van der Waals surface area (Å²) in [6, 6.07) is 0. The zero-order valence-electron chi connectivity index (χ0n) is 7.77. The van der Waals surface area contributed by atoms with Crippen LogP contribution in [-0.2, 0) is 0 Å². The molecule has 0 aromatic carbocycles. The molecule has 1 rings (SSSR count). The summed E-state index contributed by atoms with van der Waals surface area (Å²) in [5.41, 5.74) is 0.621. The van der Waals surface area contributed by atoms with E-state index in [1.165, 1.54) is 25.7 Å². The molecule has 2 N–H and O–H groups in total. The highest BCUT2D eigenvalue weighted by Gasteiger charge is 2.29. The molecule has 1 fully saturated rings. The first-order valence-electron chi connectivity index (χ1n) is 4.72. The van der Waals surface area contributed by atoms with Gasteiger partial charge in [-0.15, -0.1) is 0 Å².